The molecular weight excluding hydrogens is 276 g/mol. The third-order valence-electron chi connectivity index (χ3n) is 4.07. The zero-order valence-corrected chi connectivity index (χ0v) is 12.2. The third kappa shape index (κ3) is 4.08. The van der Waals surface area contributed by atoms with E-state index in [1.54, 1.807) is 0 Å². The van der Waals surface area contributed by atoms with Gasteiger partial charge in [-0.15, -0.1) is 0 Å². The lowest BCUT2D eigenvalue weighted by Gasteiger charge is -2.28. The monoisotopic (exact) mass is 297 g/mol. The maximum Gasteiger partial charge on any atom is 0.169 e. The van der Waals surface area contributed by atoms with Crippen LogP contribution in [0.4, 0.5) is 8.78 Å². The molecule has 0 amide bonds. The lowest BCUT2D eigenvalue weighted by molar-refractivity contribution is 0.0162. The molecule has 0 atom stereocenters. The predicted molar refractivity (Wildman–Crippen MR) is 76.2 cm³/mol. The van der Waals surface area contributed by atoms with Gasteiger partial charge in [0, 0.05) is 19.5 Å². The maximum atomic E-state index is 13.5. The molecule has 0 bridgehead atoms. The van der Waals surface area contributed by atoms with Crippen molar-refractivity contribution in [2.45, 2.75) is 37.7 Å². The van der Waals surface area contributed by atoms with Crippen LogP contribution in [0.5, 0.6) is 0 Å². The Kier molecular flexibility index (Phi) is 5.06. The molecule has 1 fully saturated rings. The van der Waals surface area contributed by atoms with Gasteiger partial charge < -0.3 is 10.0 Å². The molecule has 116 valence electrons. The maximum absolute atomic E-state index is 13.5. The first-order chi connectivity index (χ1) is 9.91. The van der Waals surface area contributed by atoms with E-state index in [4.69, 9.17) is 0 Å². The lowest BCUT2D eigenvalue weighted by Crippen LogP contribution is -2.39. The number of hydrogen-bond donors (Lipinski definition) is 1. The summed E-state index contributed by atoms with van der Waals surface area (Å²) in [5.41, 5.74) is -0.870. The van der Waals surface area contributed by atoms with Crippen LogP contribution in [0, 0.1) is 11.6 Å². The number of benzene rings is 1. The fourth-order valence-corrected chi connectivity index (χ4v) is 2.92. The van der Waals surface area contributed by atoms with Crippen molar-refractivity contribution >= 4 is 5.78 Å². The molecule has 0 radical (unpaired) electrons. The van der Waals surface area contributed by atoms with E-state index in [0.29, 0.717) is 13.1 Å². The number of ketones is 1. The summed E-state index contributed by atoms with van der Waals surface area (Å²) in [7, 11) is 1.82. The molecule has 1 aromatic rings. The summed E-state index contributed by atoms with van der Waals surface area (Å²) >= 11 is 0. The second kappa shape index (κ2) is 6.62. The van der Waals surface area contributed by atoms with Crippen LogP contribution in [-0.2, 0) is 0 Å². The van der Waals surface area contributed by atoms with Gasteiger partial charge in [-0.2, -0.15) is 0 Å². The number of nitrogens with zero attached hydrogens (tertiary/aromatic N) is 1. The molecule has 1 saturated carbocycles. The number of carbonyl (C=O) groups excluding carboxylic acids is 1. The number of hydrogen-bond acceptors (Lipinski definition) is 3. The van der Waals surface area contributed by atoms with E-state index in [0.717, 1.165) is 31.7 Å². The molecule has 3 nitrogen and oxygen atoms in total. The summed E-state index contributed by atoms with van der Waals surface area (Å²) in [4.78, 5) is 13.8. The normalized spacial score (nSPS) is 17.4. The van der Waals surface area contributed by atoms with Crippen molar-refractivity contribution in [2.75, 3.05) is 20.1 Å². The highest BCUT2D eigenvalue weighted by atomic mass is 19.2. The summed E-state index contributed by atoms with van der Waals surface area (Å²) in [5.74, 6) is -2.51. The van der Waals surface area contributed by atoms with Crippen molar-refractivity contribution in [3.05, 3.63) is 35.4 Å². The molecule has 1 N–H and O–H groups in total. The highest BCUT2D eigenvalue weighted by Gasteiger charge is 2.32. The fraction of sp³-hybridized carbons (Fsp3) is 0.562. The zero-order chi connectivity index (χ0) is 15.5. The molecule has 1 aliphatic carbocycles. The topological polar surface area (TPSA) is 40.5 Å². The first-order valence-corrected chi connectivity index (χ1v) is 7.29. The Balaban J connectivity index is 1.87. The quantitative estimate of drug-likeness (QED) is 0.821. The molecule has 0 spiro atoms. The Morgan fingerprint density at radius 2 is 2.00 bits per heavy atom. The van der Waals surface area contributed by atoms with E-state index in [9.17, 15) is 18.7 Å². The first-order valence-electron chi connectivity index (χ1n) is 7.29. The number of Topliss-reactive ketones (excluding diaryl/α,β-unsaturated/α-hetero) is 1. The van der Waals surface area contributed by atoms with Gasteiger partial charge in [-0.1, -0.05) is 18.9 Å². The van der Waals surface area contributed by atoms with E-state index in [1.165, 1.54) is 12.1 Å². The Bertz CT molecular complexity index is 513. The summed E-state index contributed by atoms with van der Waals surface area (Å²) < 4.78 is 26.6. The zero-order valence-electron chi connectivity index (χ0n) is 12.2. The van der Waals surface area contributed by atoms with Crippen LogP contribution < -0.4 is 0 Å². The summed E-state index contributed by atoms with van der Waals surface area (Å²) in [6, 6.07) is 3.62. The molecule has 0 heterocycles. The number of halogens is 2. The minimum Gasteiger partial charge on any atom is -0.389 e. The Morgan fingerprint density at radius 3 is 2.67 bits per heavy atom. The minimum absolute atomic E-state index is 0.104. The molecule has 1 aliphatic rings. The molecule has 0 aromatic heterocycles. The van der Waals surface area contributed by atoms with Gasteiger partial charge in [0.05, 0.1) is 11.2 Å². The van der Waals surface area contributed by atoms with Crippen molar-refractivity contribution in [3.8, 4) is 0 Å². The molecule has 2 rings (SSSR count). The van der Waals surface area contributed by atoms with Crippen molar-refractivity contribution < 1.29 is 18.7 Å². The van der Waals surface area contributed by atoms with Gasteiger partial charge in [0.15, 0.2) is 17.4 Å². The number of aliphatic hydroxyl groups is 1. The van der Waals surface area contributed by atoms with Gasteiger partial charge in [-0.25, -0.2) is 8.78 Å². The van der Waals surface area contributed by atoms with Gasteiger partial charge in [-0.05, 0) is 32.0 Å². The summed E-state index contributed by atoms with van der Waals surface area (Å²) in [5, 5.41) is 10.3. The van der Waals surface area contributed by atoms with Gasteiger partial charge >= 0.3 is 0 Å². The van der Waals surface area contributed by atoms with Gasteiger partial charge in [-0.3, -0.25) is 4.79 Å². The number of rotatable bonds is 6. The van der Waals surface area contributed by atoms with Crippen molar-refractivity contribution in [2.24, 2.45) is 0 Å². The summed E-state index contributed by atoms with van der Waals surface area (Å²) in [6.07, 6.45) is 3.72. The van der Waals surface area contributed by atoms with Gasteiger partial charge in [0.1, 0.15) is 0 Å². The molecule has 5 heteroatoms. The predicted octanol–water partition coefficient (Wildman–Crippen LogP) is 2.77. The molecule has 0 aliphatic heterocycles. The second-order valence-electron chi connectivity index (χ2n) is 5.94. The van der Waals surface area contributed by atoms with Crippen LogP contribution in [0.15, 0.2) is 18.2 Å². The first kappa shape index (κ1) is 16.0. The van der Waals surface area contributed by atoms with Crippen LogP contribution in [0.2, 0.25) is 0 Å². The number of carbonyl (C=O) groups is 1. The van der Waals surface area contributed by atoms with E-state index in [2.05, 4.69) is 0 Å². The van der Waals surface area contributed by atoms with Crippen LogP contribution >= 0.6 is 0 Å². The minimum atomic E-state index is -1.08. The summed E-state index contributed by atoms with van der Waals surface area (Å²) in [6.45, 7) is 0.920. The smallest absolute Gasteiger partial charge is 0.169 e. The highest BCUT2D eigenvalue weighted by molar-refractivity contribution is 5.96. The van der Waals surface area contributed by atoms with Gasteiger partial charge in [0.2, 0.25) is 0 Å². The Hall–Kier alpha value is -1.33. The van der Waals surface area contributed by atoms with Gasteiger partial charge in [0.25, 0.3) is 0 Å². The van der Waals surface area contributed by atoms with Crippen molar-refractivity contribution in [1.82, 2.24) is 4.90 Å². The molecule has 0 saturated heterocycles. The second-order valence-corrected chi connectivity index (χ2v) is 5.94. The van der Waals surface area contributed by atoms with Crippen LogP contribution in [0.1, 0.15) is 42.5 Å². The van der Waals surface area contributed by atoms with E-state index in [-0.39, 0.29) is 12.0 Å². The third-order valence-corrected chi connectivity index (χ3v) is 4.07. The van der Waals surface area contributed by atoms with E-state index < -0.39 is 23.0 Å². The van der Waals surface area contributed by atoms with E-state index >= 15 is 0 Å². The molecule has 1 aromatic carbocycles. The molecule has 21 heavy (non-hydrogen) atoms. The average Bonchev–Trinajstić information content (AvgIpc) is 2.85. The lowest BCUT2D eigenvalue weighted by atomic mass is 10.0. The van der Waals surface area contributed by atoms with E-state index in [1.807, 2.05) is 11.9 Å². The van der Waals surface area contributed by atoms with Crippen molar-refractivity contribution in [3.63, 3.8) is 0 Å². The Morgan fingerprint density at radius 1 is 1.33 bits per heavy atom. The van der Waals surface area contributed by atoms with Crippen LogP contribution in [0.3, 0.4) is 0 Å². The largest absolute Gasteiger partial charge is 0.389 e. The molecule has 0 unspecified atom stereocenters. The standard InChI is InChI=1S/C16H21F2NO2/c1-19(11-16(21)8-2-3-9-16)10-7-14(20)12-5-4-6-13(17)15(12)18/h4-6,21H,2-3,7-11H2,1H3. The van der Waals surface area contributed by atoms with Crippen molar-refractivity contribution in [1.29, 1.82) is 0 Å². The SMILES string of the molecule is CN(CCC(=O)c1cccc(F)c1F)CC1(O)CCCC1. The average molecular weight is 297 g/mol. The van der Waals surface area contributed by atoms with Crippen LogP contribution in [-0.4, -0.2) is 41.5 Å². The fourth-order valence-electron chi connectivity index (χ4n) is 2.92. The number of likely N-dealkylation sites (N-methyl/N-ethyl adjacent to an activating group) is 1. The highest BCUT2D eigenvalue weighted by Crippen LogP contribution is 2.29. The molecular formula is C16H21F2NO2. The van der Waals surface area contributed by atoms with Crippen LogP contribution in [0.25, 0.3) is 0 Å². The Labute approximate surface area is 123 Å².